The van der Waals surface area contributed by atoms with Gasteiger partial charge >= 0.3 is 0 Å². The first-order chi connectivity index (χ1) is 8.25. The van der Waals surface area contributed by atoms with Gasteiger partial charge in [0.25, 0.3) is 0 Å². The zero-order valence-electron chi connectivity index (χ0n) is 10.2. The molecule has 1 aliphatic heterocycles. The van der Waals surface area contributed by atoms with Crippen LogP contribution in [0.1, 0.15) is 31.4 Å². The van der Waals surface area contributed by atoms with Gasteiger partial charge in [-0.25, -0.2) is 0 Å². The highest BCUT2D eigenvalue weighted by Gasteiger charge is 2.38. The molecule has 1 aromatic rings. The van der Waals surface area contributed by atoms with Crippen molar-refractivity contribution in [2.75, 3.05) is 13.2 Å². The van der Waals surface area contributed by atoms with E-state index in [1.54, 1.807) is 0 Å². The molecule has 0 radical (unpaired) electrons. The highest BCUT2D eigenvalue weighted by atomic mass is 16.5. The normalized spacial score (nSPS) is 28.4. The third-order valence-corrected chi connectivity index (χ3v) is 3.79. The van der Waals surface area contributed by atoms with E-state index in [1.807, 2.05) is 6.07 Å². The highest BCUT2D eigenvalue weighted by Crippen LogP contribution is 2.46. The first-order valence-corrected chi connectivity index (χ1v) is 6.41. The van der Waals surface area contributed by atoms with Gasteiger partial charge < -0.3 is 15.2 Å². The molecule has 2 aliphatic rings. The Bertz CT molecular complexity index is 419. The molecule has 3 heteroatoms. The lowest BCUT2D eigenvalue weighted by atomic mass is 10.0. The number of hydrogen-bond donors (Lipinski definition) is 1. The van der Waals surface area contributed by atoms with E-state index in [4.69, 9.17) is 15.2 Å². The Hall–Kier alpha value is -1.22. The molecule has 3 unspecified atom stereocenters. The lowest BCUT2D eigenvalue weighted by Crippen LogP contribution is -2.13. The second-order valence-corrected chi connectivity index (χ2v) is 5.16. The highest BCUT2D eigenvalue weighted by molar-refractivity contribution is 5.44. The minimum Gasteiger partial charge on any atom is -0.490 e. The summed E-state index contributed by atoms with van der Waals surface area (Å²) < 4.78 is 11.3. The van der Waals surface area contributed by atoms with Gasteiger partial charge in [0, 0.05) is 12.5 Å². The zero-order valence-corrected chi connectivity index (χ0v) is 10.2. The molecular formula is C14H19NO2. The zero-order chi connectivity index (χ0) is 11.8. The van der Waals surface area contributed by atoms with Gasteiger partial charge in [0.1, 0.15) is 0 Å². The van der Waals surface area contributed by atoms with Crippen LogP contribution in [-0.2, 0) is 0 Å². The minimum absolute atomic E-state index is 0.141. The van der Waals surface area contributed by atoms with E-state index >= 15 is 0 Å². The fraction of sp³-hybridized carbons (Fsp3) is 0.571. The average molecular weight is 233 g/mol. The van der Waals surface area contributed by atoms with Gasteiger partial charge in [-0.15, -0.1) is 0 Å². The second-order valence-electron chi connectivity index (χ2n) is 5.16. The molecule has 17 heavy (non-hydrogen) atoms. The number of benzene rings is 1. The standard InChI is InChI=1S/C14H19NO2/c1-9-7-11(9)14(15)10-3-4-12-13(8-10)17-6-2-5-16-12/h3-4,8-9,11,14H,2,5-7,15H2,1H3. The Morgan fingerprint density at radius 2 is 1.94 bits per heavy atom. The molecule has 0 spiro atoms. The maximum Gasteiger partial charge on any atom is 0.161 e. The predicted molar refractivity (Wildman–Crippen MR) is 66.2 cm³/mol. The van der Waals surface area contributed by atoms with Crippen molar-refractivity contribution in [3.05, 3.63) is 23.8 Å². The molecule has 1 saturated carbocycles. The van der Waals surface area contributed by atoms with Gasteiger partial charge in [-0.3, -0.25) is 0 Å². The first kappa shape index (κ1) is 10.9. The largest absolute Gasteiger partial charge is 0.490 e. The molecule has 1 aliphatic carbocycles. The fourth-order valence-corrected chi connectivity index (χ4v) is 2.49. The van der Waals surface area contributed by atoms with Crippen molar-refractivity contribution >= 4 is 0 Å². The van der Waals surface area contributed by atoms with Crippen molar-refractivity contribution < 1.29 is 9.47 Å². The third-order valence-electron chi connectivity index (χ3n) is 3.79. The molecule has 1 aromatic carbocycles. The topological polar surface area (TPSA) is 44.5 Å². The predicted octanol–water partition coefficient (Wildman–Crippen LogP) is 2.50. The number of ether oxygens (including phenoxy) is 2. The van der Waals surface area contributed by atoms with Crippen LogP contribution in [-0.4, -0.2) is 13.2 Å². The maximum absolute atomic E-state index is 6.27. The quantitative estimate of drug-likeness (QED) is 0.853. The van der Waals surface area contributed by atoms with Crippen LogP contribution in [0.3, 0.4) is 0 Å². The van der Waals surface area contributed by atoms with Gasteiger partial charge in [0.05, 0.1) is 13.2 Å². The third kappa shape index (κ3) is 2.12. The Morgan fingerprint density at radius 1 is 1.24 bits per heavy atom. The second kappa shape index (κ2) is 4.22. The lowest BCUT2D eigenvalue weighted by molar-refractivity contribution is 0.297. The summed E-state index contributed by atoms with van der Waals surface area (Å²) in [6, 6.07) is 6.25. The number of hydrogen-bond acceptors (Lipinski definition) is 3. The summed E-state index contributed by atoms with van der Waals surface area (Å²) in [5.41, 5.74) is 7.44. The van der Waals surface area contributed by atoms with Crippen molar-refractivity contribution in [3.8, 4) is 11.5 Å². The molecule has 1 heterocycles. The van der Waals surface area contributed by atoms with Crippen molar-refractivity contribution in [2.45, 2.75) is 25.8 Å². The molecule has 1 fully saturated rings. The van der Waals surface area contributed by atoms with Crippen LogP contribution in [0, 0.1) is 11.8 Å². The molecule has 0 saturated heterocycles. The molecule has 0 bridgehead atoms. The summed E-state index contributed by atoms with van der Waals surface area (Å²) in [6.07, 6.45) is 2.19. The summed E-state index contributed by atoms with van der Waals surface area (Å²) in [6.45, 7) is 3.72. The van der Waals surface area contributed by atoms with Gasteiger partial charge in [-0.2, -0.15) is 0 Å². The van der Waals surface area contributed by atoms with E-state index in [2.05, 4.69) is 19.1 Å². The maximum atomic E-state index is 6.27. The molecule has 0 aromatic heterocycles. The van der Waals surface area contributed by atoms with Gasteiger partial charge in [0.2, 0.25) is 0 Å². The molecule has 92 valence electrons. The summed E-state index contributed by atoms with van der Waals surface area (Å²) >= 11 is 0. The van der Waals surface area contributed by atoms with Gasteiger partial charge in [-0.1, -0.05) is 13.0 Å². The van der Waals surface area contributed by atoms with Gasteiger partial charge in [0.15, 0.2) is 11.5 Å². The number of fused-ring (bicyclic) bond motifs is 1. The van der Waals surface area contributed by atoms with Crippen LogP contribution >= 0.6 is 0 Å². The number of rotatable bonds is 2. The van der Waals surface area contributed by atoms with Crippen LogP contribution in [0.2, 0.25) is 0 Å². The van der Waals surface area contributed by atoms with E-state index in [9.17, 15) is 0 Å². The SMILES string of the molecule is CC1CC1C(N)c1ccc2c(c1)OCCCO2. The fourth-order valence-electron chi connectivity index (χ4n) is 2.49. The Balaban J connectivity index is 1.84. The molecular weight excluding hydrogens is 214 g/mol. The molecule has 3 atom stereocenters. The summed E-state index contributed by atoms with van der Waals surface area (Å²) in [5.74, 6) is 3.10. The molecule has 3 rings (SSSR count). The molecule has 3 nitrogen and oxygen atoms in total. The Labute approximate surface area is 102 Å². The first-order valence-electron chi connectivity index (χ1n) is 6.41. The van der Waals surface area contributed by atoms with Crippen molar-refractivity contribution in [3.63, 3.8) is 0 Å². The van der Waals surface area contributed by atoms with E-state index in [-0.39, 0.29) is 6.04 Å². The monoisotopic (exact) mass is 233 g/mol. The number of nitrogens with two attached hydrogens (primary N) is 1. The summed E-state index contributed by atoms with van der Waals surface area (Å²) in [5, 5.41) is 0. The van der Waals surface area contributed by atoms with Crippen LogP contribution in [0.15, 0.2) is 18.2 Å². The minimum atomic E-state index is 0.141. The van der Waals surface area contributed by atoms with E-state index in [1.165, 1.54) is 12.0 Å². The van der Waals surface area contributed by atoms with Crippen LogP contribution in [0.25, 0.3) is 0 Å². The van der Waals surface area contributed by atoms with Crippen LogP contribution in [0.5, 0.6) is 11.5 Å². The van der Waals surface area contributed by atoms with E-state index in [0.717, 1.165) is 37.1 Å². The average Bonchev–Trinajstić information content (AvgIpc) is 3.09. The lowest BCUT2D eigenvalue weighted by Gasteiger charge is -2.14. The summed E-state index contributed by atoms with van der Waals surface area (Å²) in [7, 11) is 0. The van der Waals surface area contributed by atoms with Crippen LogP contribution < -0.4 is 15.2 Å². The van der Waals surface area contributed by atoms with E-state index in [0.29, 0.717) is 5.92 Å². The smallest absolute Gasteiger partial charge is 0.161 e. The van der Waals surface area contributed by atoms with Crippen LogP contribution in [0.4, 0.5) is 0 Å². The van der Waals surface area contributed by atoms with E-state index < -0.39 is 0 Å². The van der Waals surface area contributed by atoms with Crippen molar-refractivity contribution in [1.29, 1.82) is 0 Å². The summed E-state index contributed by atoms with van der Waals surface area (Å²) in [4.78, 5) is 0. The Morgan fingerprint density at radius 3 is 2.65 bits per heavy atom. The van der Waals surface area contributed by atoms with Gasteiger partial charge in [-0.05, 0) is 36.0 Å². The van der Waals surface area contributed by atoms with Crippen molar-refractivity contribution in [1.82, 2.24) is 0 Å². The molecule has 0 amide bonds. The molecule has 2 N–H and O–H groups in total. The Kier molecular flexibility index (Phi) is 2.71. The van der Waals surface area contributed by atoms with Crippen molar-refractivity contribution in [2.24, 2.45) is 17.6 Å².